The molecule has 2 aromatic rings. The Labute approximate surface area is 172 Å². The highest BCUT2D eigenvalue weighted by Crippen LogP contribution is 2.28. The molecule has 154 valence electrons. The van der Waals surface area contributed by atoms with Crippen molar-refractivity contribution in [2.45, 2.75) is 19.8 Å². The van der Waals surface area contributed by atoms with Crippen LogP contribution >= 0.6 is 0 Å². The van der Waals surface area contributed by atoms with Crippen molar-refractivity contribution >= 4 is 11.8 Å². The van der Waals surface area contributed by atoms with Gasteiger partial charge < -0.3 is 19.3 Å². The van der Waals surface area contributed by atoms with E-state index in [0.717, 1.165) is 17.5 Å². The average Bonchev–Trinajstić information content (AvgIpc) is 3.00. The van der Waals surface area contributed by atoms with Crippen LogP contribution in [0.4, 0.5) is 0 Å². The van der Waals surface area contributed by atoms with Gasteiger partial charge in [-0.05, 0) is 42.7 Å². The van der Waals surface area contributed by atoms with E-state index in [9.17, 15) is 9.59 Å². The maximum Gasteiger partial charge on any atom is 0.254 e. The molecule has 0 saturated carbocycles. The quantitative estimate of drug-likeness (QED) is 0.780. The Hall–Kier alpha value is -3.02. The maximum absolute atomic E-state index is 13.0. The second-order valence-electron chi connectivity index (χ2n) is 7.20. The molecule has 1 aliphatic heterocycles. The molecule has 0 unspecified atom stereocenters. The van der Waals surface area contributed by atoms with E-state index in [1.807, 2.05) is 41.0 Å². The molecule has 3 rings (SSSR count). The number of aryl methyl sites for hydroxylation is 1. The smallest absolute Gasteiger partial charge is 0.254 e. The van der Waals surface area contributed by atoms with Crippen molar-refractivity contribution in [2.24, 2.45) is 0 Å². The van der Waals surface area contributed by atoms with Gasteiger partial charge in [0.05, 0.1) is 20.6 Å². The fourth-order valence-corrected chi connectivity index (χ4v) is 3.60. The Morgan fingerprint density at radius 1 is 0.897 bits per heavy atom. The van der Waals surface area contributed by atoms with Gasteiger partial charge in [-0.15, -0.1) is 0 Å². The van der Waals surface area contributed by atoms with Crippen LogP contribution in [-0.4, -0.2) is 62.0 Å². The molecule has 29 heavy (non-hydrogen) atoms. The van der Waals surface area contributed by atoms with Crippen molar-refractivity contribution in [2.75, 3.05) is 40.4 Å². The predicted octanol–water partition coefficient (Wildman–Crippen LogP) is 2.93. The Bertz CT molecular complexity index is 881. The fraction of sp³-hybridized carbons (Fsp3) is 0.391. The summed E-state index contributed by atoms with van der Waals surface area (Å²) in [4.78, 5) is 29.4. The summed E-state index contributed by atoms with van der Waals surface area (Å²) < 4.78 is 10.5. The summed E-state index contributed by atoms with van der Waals surface area (Å²) in [7, 11) is 3.12. The predicted molar refractivity (Wildman–Crippen MR) is 112 cm³/mol. The molecule has 0 aliphatic carbocycles. The fourth-order valence-electron chi connectivity index (χ4n) is 3.60. The van der Waals surface area contributed by atoms with E-state index >= 15 is 0 Å². The molecule has 2 aromatic carbocycles. The van der Waals surface area contributed by atoms with Crippen LogP contribution in [0.3, 0.4) is 0 Å². The molecular formula is C23H28N2O4. The first-order chi connectivity index (χ1) is 14.0. The maximum atomic E-state index is 13.0. The zero-order valence-electron chi connectivity index (χ0n) is 17.3. The first kappa shape index (κ1) is 20.7. The zero-order chi connectivity index (χ0) is 20.8. The van der Waals surface area contributed by atoms with E-state index in [-0.39, 0.29) is 11.8 Å². The lowest BCUT2D eigenvalue weighted by Gasteiger charge is -2.23. The lowest BCUT2D eigenvalue weighted by Crippen LogP contribution is -2.38. The van der Waals surface area contributed by atoms with Crippen LogP contribution in [0.2, 0.25) is 0 Å². The number of ether oxygens (including phenoxy) is 2. The summed E-state index contributed by atoms with van der Waals surface area (Å²) >= 11 is 0. The van der Waals surface area contributed by atoms with Crippen LogP contribution in [0.25, 0.3) is 0 Å². The van der Waals surface area contributed by atoms with E-state index < -0.39 is 0 Å². The van der Waals surface area contributed by atoms with Crippen LogP contribution in [-0.2, 0) is 11.2 Å². The second-order valence-corrected chi connectivity index (χ2v) is 7.20. The molecule has 6 heteroatoms. The molecule has 0 aromatic heterocycles. The summed E-state index contributed by atoms with van der Waals surface area (Å²) in [5.74, 6) is 1.18. The van der Waals surface area contributed by atoms with Crippen LogP contribution in [0.5, 0.6) is 11.5 Å². The molecule has 2 amide bonds. The number of hydrogen-bond acceptors (Lipinski definition) is 4. The molecule has 6 nitrogen and oxygen atoms in total. The summed E-state index contributed by atoms with van der Waals surface area (Å²) in [5, 5.41) is 0. The van der Waals surface area contributed by atoms with Crippen molar-refractivity contribution in [1.82, 2.24) is 9.80 Å². The third-order valence-electron chi connectivity index (χ3n) is 5.37. The second kappa shape index (κ2) is 9.45. The van der Waals surface area contributed by atoms with Gasteiger partial charge in [-0.25, -0.2) is 0 Å². The van der Waals surface area contributed by atoms with Crippen molar-refractivity contribution < 1.29 is 19.1 Å². The van der Waals surface area contributed by atoms with Crippen LogP contribution in [0.15, 0.2) is 42.5 Å². The zero-order valence-corrected chi connectivity index (χ0v) is 17.3. The van der Waals surface area contributed by atoms with E-state index in [1.54, 1.807) is 32.4 Å². The summed E-state index contributed by atoms with van der Waals surface area (Å²) in [6, 6.07) is 13.1. The lowest BCUT2D eigenvalue weighted by molar-refractivity contribution is -0.130. The molecule has 0 radical (unpaired) electrons. The number of benzene rings is 2. The number of carbonyl (C=O) groups excluding carboxylic acids is 2. The van der Waals surface area contributed by atoms with Crippen molar-refractivity contribution in [1.29, 1.82) is 0 Å². The minimum atomic E-state index is -0.0563. The highest BCUT2D eigenvalue weighted by Gasteiger charge is 2.24. The van der Waals surface area contributed by atoms with Gasteiger partial charge in [0.25, 0.3) is 5.91 Å². The molecule has 1 aliphatic rings. The number of rotatable bonds is 5. The van der Waals surface area contributed by atoms with Gasteiger partial charge in [0.1, 0.15) is 0 Å². The van der Waals surface area contributed by atoms with Gasteiger partial charge in [0, 0.05) is 31.7 Å². The molecule has 0 atom stereocenters. The van der Waals surface area contributed by atoms with Gasteiger partial charge in [0.15, 0.2) is 11.5 Å². The van der Waals surface area contributed by atoms with Crippen LogP contribution in [0, 0.1) is 6.92 Å². The minimum absolute atomic E-state index is 0.0563. The monoisotopic (exact) mass is 396 g/mol. The van der Waals surface area contributed by atoms with Crippen molar-refractivity contribution in [3.05, 3.63) is 59.2 Å². The standard InChI is InChI=1S/C23H28N2O4/c1-17-7-4-5-8-18(17)16-22(26)24-11-6-12-25(14-13-24)23(27)19-9-10-20(28-2)21(15-19)29-3/h4-5,7-10,15H,6,11-14,16H2,1-3H3. The topological polar surface area (TPSA) is 59.1 Å². The van der Waals surface area contributed by atoms with E-state index in [2.05, 4.69) is 0 Å². The van der Waals surface area contributed by atoms with E-state index in [1.165, 1.54) is 0 Å². The highest BCUT2D eigenvalue weighted by atomic mass is 16.5. The highest BCUT2D eigenvalue weighted by molar-refractivity contribution is 5.95. The Kier molecular flexibility index (Phi) is 6.75. The van der Waals surface area contributed by atoms with Gasteiger partial charge in [0.2, 0.25) is 5.91 Å². The molecular weight excluding hydrogens is 368 g/mol. The van der Waals surface area contributed by atoms with Crippen LogP contribution < -0.4 is 9.47 Å². The first-order valence-corrected chi connectivity index (χ1v) is 9.87. The van der Waals surface area contributed by atoms with Crippen molar-refractivity contribution in [3.63, 3.8) is 0 Å². The summed E-state index contributed by atoms with van der Waals surface area (Å²) in [6.07, 6.45) is 1.16. The van der Waals surface area contributed by atoms with Gasteiger partial charge in [-0.2, -0.15) is 0 Å². The third kappa shape index (κ3) is 4.88. The molecule has 0 spiro atoms. The Morgan fingerprint density at radius 2 is 1.59 bits per heavy atom. The minimum Gasteiger partial charge on any atom is -0.493 e. The molecule has 0 bridgehead atoms. The molecule has 0 N–H and O–H groups in total. The van der Waals surface area contributed by atoms with Gasteiger partial charge >= 0.3 is 0 Å². The SMILES string of the molecule is COc1ccc(C(=O)N2CCCN(C(=O)Cc3ccccc3C)CC2)cc1OC. The number of hydrogen-bond donors (Lipinski definition) is 0. The summed E-state index contributed by atoms with van der Waals surface area (Å²) in [5.41, 5.74) is 2.74. The lowest BCUT2D eigenvalue weighted by atomic mass is 10.1. The molecule has 1 fully saturated rings. The van der Waals surface area contributed by atoms with E-state index in [4.69, 9.17) is 9.47 Å². The van der Waals surface area contributed by atoms with Gasteiger partial charge in [-0.3, -0.25) is 9.59 Å². The molecule has 1 heterocycles. The number of amides is 2. The molecule has 1 saturated heterocycles. The third-order valence-corrected chi connectivity index (χ3v) is 5.37. The first-order valence-electron chi connectivity index (χ1n) is 9.87. The van der Waals surface area contributed by atoms with E-state index in [0.29, 0.717) is 49.7 Å². The number of methoxy groups -OCH3 is 2. The number of carbonyl (C=O) groups is 2. The average molecular weight is 396 g/mol. The largest absolute Gasteiger partial charge is 0.493 e. The van der Waals surface area contributed by atoms with Gasteiger partial charge in [-0.1, -0.05) is 24.3 Å². The number of nitrogens with zero attached hydrogens (tertiary/aromatic N) is 2. The van der Waals surface area contributed by atoms with Crippen LogP contribution in [0.1, 0.15) is 27.9 Å². The Morgan fingerprint density at radius 3 is 2.31 bits per heavy atom. The summed E-state index contributed by atoms with van der Waals surface area (Å²) in [6.45, 7) is 4.38. The Balaban J connectivity index is 1.64. The normalized spacial score (nSPS) is 14.3. The van der Waals surface area contributed by atoms with Crippen molar-refractivity contribution in [3.8, 4) is 11.5 Å².